The minimum atomic E-state index is 0.0117. The molecule has 268 valence electrons. The molecular formula is C48H38N4OPt-2. The average molecular weight is 882 g/mol. The predicted molar refractivity (Wildman–Crippen MR) is 215 cm³/mol. The molecule has 0 fully saturated rings. The van der Waals surface area contributed by atoms with Crippen LogP contribution in [0.25, 0.3) is 44.7 Å². The third-order valence-electron chi connectivity index (χ3n) is 10.4. The number of nitrogens with zero attached hydrogens (tertiary/aromatic N) is 4. The number of benzene rings is 6. The van der Waals surface area contributed by atoms with E-state index in [1.165, 1.54) is 11.1 Å². The number of ether oxygens (including phenoxy) is 1. The van der Waals surface area contributed by atoms with Crippen molar-refractivity contribution in [3.8, 4) is 45.1 Å². The monoisotopic (exact) mass is 881 g/mol. The number of aromatic nitrogens is 3. The van der Waals surface area contributed by atoms with Gasteiger partial charge in [-0.1, -0.05) is 0 Å². The molecule has 54 heavy (non-hydrogen) atoms. The first-order chi connectivity index (χ1) is 26.4. The van der Waals surface area contributed by atoms with Gasteiger partial charge in [-0.25, -0.2) is 0 Å². The average Bonchev–Trinajstić information content (AvgIpc) is 3.49. The van der Waals surface area contributed by atoms with E-state index in [0.29, 0.717) is 11.5 Å². The van der Waals surface area contributed by atoms with Crippen LogP contribution in [0.5, 0.6) is 11.5 Å². The summed E-state index contributed by atoms with van der Waals surface area (Å²) in [6.45, 7) is 7.56. The van der Waals surface area contributed by atoms with Crippen LogP contribution in [0.15, 0.2) is 152 Å². The van der Waals surface area contributed by atoms with Crippen LogP contribution >= 0.6 is 0 Å². The molecule has 8 aromatic rings. The molecule has 0 saturated heterocycles. The van der Waals surface area contributed by atoms with Crippen molar-refractivity contribution in [3.05, 3.63) is 179 Å². The van der Waals surface area contributed by atoms with Crippen LogP contribution in [-0.2, 0) is 24.8 Å². The van der Waals surface area contributed by atoms with Gasteiger partial charge in [-0.2, -0.15) is 0 Å². The summed E-state index contributed by atoms with van der Waals surface area (Å²) in [7, 11) is 0. The first kappa shape index (κ1) is 34.0. The van der Waals surface area contributed by atoms with Crippen LogP contribution < -0.4 is 9.64 Å². The van der Waals surface area contributed by atoms with E-state index in [0.717, 1.165) is 72.9 Å². The van der Waals surface area contributed by atoms with E-state index in [1.54, 1.807) is 0 Å². The summed E-state index contributed by atoms with van der Waals surface area (Å²) in [6, 6.07) is 58.2. The van der Waals surface area contributed by atoms with Gasteiger partial charge in [-0.05, 0) is 18.6 Å². The summed E-state index contributed by atoms with van der Waals surface area (Å²) in [4.78, 5) is 6.99. The van der Waals surface area contributed by atoms with E-state index in [1.807, 2.05) is 30.5 Å². The fourth-order valence-corrected chi connectivity index (χ4v) is 8.68. The predicted octanol–water partition coefficient (Wildman–Crippen LogP) is 11.7. The van der Waals surface area contributed by atoms with Crippen molar-refractivity contribution in [3.63, 3.8) is 0 Å². The molecule has 0 bridgehead atoms. The number of para-hydroxylation sites is 3. The molecule has 0 N–H and O–H groups in total. The van der Waals surface area contributed by atoms with Crippen LogP contribution in [0.4, 0.5) is 11.5 Å². The van der Waals surface area contributed by atoms with Gasteiger partial charge < -0.3 is 0 Å². The van der Waals surface area contributed by atoms with Crippen LogP contribution in [0.1, 0.15) is 31.4 Å². The Morgan fingerprint density at radius 3 is 1.98 bits per heavy atom. The van der Waals surface area contributed by atoms with Crippen molar-refractivity contribution in [2.24, 2.45) is 0 Å². The Morgan fingerprint density at radius 2 is 1.30 bits per heavy atom. The molecule has 0 unspecified atom stereocenters. The molecule has 0 radical (unpaired) electrons. The normalized spacial score (nSPS) is 13.5. The Balaban J connectivity index is 1.16. The Bertz CT molecular complexity index is 2660. The molecule has 1 aliphatic heterocycles. The van der Waals surface area contributed by atoms with E-state index >= 15 is 0 Å². The summed E-state index contributed by atoms with van der Waals surface area (Å²) >= 11 is 2.47. The summed E-state index contributed by atoms with van der Waals surface area (Å²) in [5.41, 5.74) is 12.3. The van der Waals surface area contributed by atoms with Gasteiger partial charge in [0.05, 0.1) is 0 Å². The second-order valence-corrected chi connectivity index (χ2v) is 15.4. The first-order valence-corrected chi connectivity index (χ1v) is 19.4. The number of fused-ring (bicyclic) bond motifs is 2. The summed E-state index contributed by atoms with van der Waals surface area (Å²) < 4.78 is 12.3. The number of hydrogen-bond donors (Lipinski definition) is 0. The van der Waals surface area contributed by atoms with Crippen molar-refractivity contribution < 1.29 is 24.1 Å². The maximum atomic E-state index is 6.60. The molecule has 1 aliphatic rings. The van der Waals surface area contributed by atoms with Crippen LogP contribution in [0.3, 0.4) is 0 Å². The van der Waals surface area contributed by atoms with Gasteiger partial charge in [0.1, 0.15) is 0 Å². The van der Waals surface area contributed by atoms with Gasteiger partial charge in [-0.15, -0.1) is 0 Å². The van der Waals surface area contributed by atoms with Gasteiger partial charge in [0, 0.05) is 6.20 Å². The second-order valence-electron chi connectivity index (χ2n) is 14.4. The number of pyridine rings is 1. The maximum absolute atomic E-state index is 6.60. The van der Waals surface area contributed by atoms with Gasteiger partial charge in [0.25, 0.3) is 0 Å². The number of hydrogen-bond acceptors (Lipinski definition) is 3. The Kier molecular flexibility index (Phi) is 8.75. The van der Waals surface area contributed by atoms with Crippen molar-refractivity contribution in [2.45, 2.75) is 32.6 Å². The Morgan fingerprint density at radius 1 is 0.667 bits per heavy atom. The molecule has 9 rings (SSSR count). The molecule has 0 saturated carbocycles. The molecule has 0 aliphatic carbocycles. The number of imidazole rings is 1. The summed E-state index contributed by atoms with van der Waals surface area (Å²) in [6.07, 6.45) is 2.90. The van der Waals surface area contributed by atoms with Gasteiger partial charge >= 0.3 is 304 Å². The van der Waals surface area contributed by atoms with Crippen LogP contribution in [0.2, 0.25) is 0 Å². The molecule has 0 atom stereocenters. The molecular weight excluding hydrogens is 844 g/mol. The summed E-state index contributed by atoms with van der Waals surface area (Å²) in [5, 5.41) is 0. The SMILES string of the molecule is Cc1ccnc(N2CCC(C)(C)c3ccc(Oc4[c-]c(-n5[c](=[Pt])n(-c6c(-c7ccccc7)cccc6-c6ccccc6)c6ccccc65)ccc4)[c-]c32)c1. The quantitative estimate of drug-likeness (QED) is 0.150. The zero-order chi connectivity index (χ0) is 36.8. The zero-order valence-corrected chi connectivity index (χ0v) is 32.6. The van der Waals surface area contributed by atoms with E-state index in [9.17, 15) is 0 Å². The molecule has 6 aromatic carbocycles. The van der Waals surface area contributed by atoms with Crippen LogP contribution in [-0.4, -0.2) is 20.7 Å². The number of aryl methyl sites for hydroxylation is 1. The van der Waals surface area contributed by atoms with Crippen molar-refractivity contribution in [1.29, 1.82) is 0 Å². The second kappa shape index (κ2) is 13.9. The third kappa shape index (κ3) is 6.13. The molecule has 3 heterocycles. The molecule has 6 heteroatoms. The van der Waals surface area contributed by atoms with Crippen LogP contribution in [0, 0.1) is 22.9 Å². The Labute approximate surface area is 327 Å². The Hall–Kier alpha value is -5.77. The van der Waals surface area contributed by atoms with E-state index in [-0.39, 0.29) is 5.41 Å². The topological polar surface area (TPSA) is 35.2 Å². The minimum absolute atomic E-state index is 0.0117. The zero-order valence-electron chi connectivity index (χ0n) is 30.4. The van der Waals surface area contributed by atoms with E-state index < -0.39 is 0 Å². The van der Waals surface area contributed by atoms with Crippen molar-refractivity contribution >= 4 is 22.5 Å². The van der Waals surface area contributed by atoms with Crippen molar-refractivity contribution in [2.75, 3.05) is 11.4 Å². The van der Waals surface area contributed by atoms with Crippen molar-refractivity contribution in [1.82, 2.24) is 14.1 Å². The standard InChI is InChI=1S/C48H38N4O.Pt/c1-34-26-28-49-46(30-34)50-29-27-48(2,3)42-25-24-39(32-45(42)50)53-38-19-12-18-37(31-38)51-33-52(44-23-11-10-22-43(44)51)47-40(35-14-6-4-7-15-35)20-13-21-41(47)36-16-8-5-9-17-36;/h4-26,28,30H,27,29H2,1-3H3;/q-2;. The van der Waals surface area contributed by atoms with Gasteiger partial charge in [-0.3, -0.25) is 0 Å². The fourth-order valence-electron chi connectivity index (χ4n) is 7.60. The fraction of sp³-hybridized carbons (Fsp3) is 0.125. The third-order valence-corrected chi connectivity index (χ3v) is 11.4. The van der Waals surface area contributed by atoms with Gasteiger partial charge in [0.2, 0.25) is 0 Å². The summed E-state index contributed by atoms with van der Waals surface area (Å²) in [5.74, 6) is 2.19. The number of anilines is 2. The molecule has 0 spiro atoms. The van der Waals surface area contributed by atoms with E-state index in [2.05, 4.69) is 188 Å². The van der Waals surface area contributed by atoms with E-state index in [4.69, 9.17) is 9.72 Å². The first-order valence-electron chi connectivity index (χ1n) is 18.3. The molecule has 2 aromatic heterocycles. The van der Waals surface area contributed by atoms with Gasteiger partial charge in [0.15, 0.2) is 0 Å². The molecule has 0 amide bonds. The molecule has 5 nitrogen and oxygen atoms in total. The number of rotatable bonds is 7.